The van der Waals surface area contributed by atoms with Crippen molar-refractivity contribution in [3.8, 4) is 0 Å². The number of thiocarbonyl (C=S) groups is 1. The van der Waals surface area contributed by atoms with Gasteiger partial charge in [0, 0.05) is 33.9 Å². The quantitative estimate of drug-likeness (QED) is 0.513. The van der Waals surface area contributed by atoms with Gasteiger partial charge in [0.15, 0.2) is 5.11 Å². The van der Waals surface area contributed by atoms with E-state index in [1.54, 1.807) is 0 Å². The van der Waals surface area contributed by atoms with Gasteiger partial charge in [-0.2, -0.15) is 13.2 Å². The van der Waals surface area contributed by atoms with Crippen LogP contribution in [0.5, 0.6) is 0 Å². The van der Waals surface area contributed by atoms with E-state index < -0.39 is 11.7 Å². The summed E-state index contributed by atoms with van der Waals surface area (Å²) in [6.07, 6.45) is -3.54. The third kappa shape index (κ3) is 3.61. The third-order valence-corrected chi connectivity index (χ3v) is 5.28. The van der Waals surface area contributed by atoms with Gasteiger partial charge in [-0.25, -0.2) is 0 Å². The van der Waals surface area contributed by atoms with Gasteiger partial charge in [0.2, 0.25) is 0 Å². The summed E-state index contributed by atoms with van der Waals surface area (Å²) < 4.78 is 38.0. The minimum absolute atomic E-state index is 0.483. The Morgan fingerprint density at radius 1 is 1.15 bits per heavy atom. The Bertz CT molecular complexity index is 1010. The molecule has 1 aliphatic heterocycles. The molecule has 140 valence electrons. The van der Waals surface area contributed by atoms with Gasteiger partial charge < -0.3 is 15.2 Å². The van der Waals surface area contributed by atoms with E-state index in [9.17, 15) is 13.2 Å². The Labute approximate surface area is 164 Å². The van der Waals surface area contributed by atoms with Crippen LogP contribution < -0.4 is 5.32 Å². The molecule has 0 fully saturated rings. The van der Waals surface area contributed by atoms with Crippen molar-refractivity contribution >= 4 is 45.5 Å². The number of fused-ring (bicyclic) bond motifs is 3. The number of aromatic amines is 1. The molecule has 2 N–H and O–H groups in total. The molecule has 8 heteroatoms. The molecule has 0 bridgehead atoms. The molecule has 1 aliphatic rings. The third-order valence-electron chi connectivity index (χ3n) is 4.69. The van der Waals surface area contributed by atoms with Crippen LogP contribution in [-0.2, 0) is 19.1 Å². The average molecular weight is 410 g/mol. The fourth-order valence-electron chi connectivity index (χ4n) is 3.33. The van der Waals surface area contributed by atoms with Gasteiger partial charge in [0.1, 0.15) is 0 Å². The summed E-state index contributed by atoms with van der Waals surface area (Å²) in [5.74, 6) is 0. The first-order valence-electron chi connectivity index (χ1n) is 8.33. The van der Waals surface area contributed by atoms with Crippen LogP contribution in [0.2, 0.25) is 5.02 Å². The minimum Gasteiger partial charge on any atom is -0.357 e. The first-order valence-corrected chi connectivity index (χ1v) is 9.12. The first kappa shape index (κ1) is 18.1. The normalized spacial score (nSPS) is 14.3. The van der Waals surface area contributed by atoms with Crippen LogP contribution in [0.15, 0.2) is 42.5 Å². The van der Waals surface area contributed by atoms with Crippen molar-refractivity contribution in [3.05, 3.63) is 64.3 Å². The number of anilines is 1. The molecule has 2 aromatic carbocycles. The number of nitrogens with zero attached hydrogens (tertiary/aromatic N) is 1. The van der Waals surface area contributed by atoms with E-state index in [1.165, 1.54) is 17.7 Å². The molecular weight excluding hydrogens is 395 g/mol. The zero-order valence-electron chi connectivity index (χ0n) is 14.0. The molecule has 3 aromatic rings. The Kier molecular flexibility index (Phi) is 4.52. The molecule has 27 heavy (non-hydrogen) atoms. The molecule has 0 atom stereocenters. The fraction of sp³-hybridized carbons (Fsp3) is 0.211. The summed E-state index contributed by atoms with van der Waals surface area (Å²) in [5, 5.41) is 5.33. The zero-order chi connectivity index (χ0) is 19.2. The van der Waals surface area contributed by atoms with Gasteiger partial charge in [-0.3, -0.25) is 0 Å². The lowest BCUT2D eigenvalue weighted by atomic mass is 10.0. The summed E-state index contributed by atoms with van der Waals surface area (Å²) in [4.78, 5) is 5.40. The Morgan fingerprint density at radius 3 is 2.59 bits per heavy atom. The van der Waals surface area contributed by atoms with Crippen LogP contribution in [0.25, 0.3) is 10.9 Å². The number of rotatable bonds is 1. The van der Waals surface area contributed by atoms with Crippen LogP contribution in [0, 0.1) is 0 Å². The first-order chi connectivity index (χ1) is 12.8. The highest BCUT2D eigenvalue weighted by Crippen LogP contribution is 2.31. The highest BCUT2D eigenvalue weighted by molar-refractivity contribution is 7.80. The highest BCUT2D eigenvalue weighted by atomic mass is 35.5. The summed E-state index contributed by atoms with van der Waals surface area (Å²) >= 11 is 11.6. The van der Waals surface area contributed by atoms with Gasteiger partial charge in [-0.15, -0.1) is 0 Å². The standard InChI is InChI=1S/C19H15ClF3N3S/c20-12-3-6-16-15(9-12)14-7-8-26(10-17(14)25-16)18(27)24-13-4-1-11(2-5-13)19(21,22)23/h1-6,9,25H,7-8,10H2,(H,24,27). The largest absolute Gasteiger partial charge is 0.416 e. The molecule has 3 nitrogen and oxygen atoms in total. The van der Waals surface area contributed by atoms with E-state index in [-0.39, 0.29) is 0 Å². The number of halogens is 4. The van der Waals surface area contributed by atoms with Crippen molar-refractivity contribution in [2.24, 2.45) is 0 Å². The Morgan fingerprint density at radius 2 is 1.89 bits per heavy atom. The predicted molar refractivity (Wildman–Crippen MR) is 105 cm³/mol. The van der Waals surface area contributed by atoms with Gasteiger partial charge in [0.25, 0.3) is 0 Å². The van der Waals surface area contributed by atoms with Crippen LogP contribution in [0.4, 0.5) is 18.9 Å². The topological polar surface area (TPSA) is 31.1 Å². The lowest BCUT2D eigenvalue weighted by Crippen LogP contribution is -2.38. The van der Waals surface area contributed by atoms with E-state index in [0.717, 1.165) is 41.7 Å². The smallest absolute Gasteiger partial charge is 0.357 e. The molecule has 0 saturated heterocycles. The molecule has 0 unspecified atom stereocenters. The van der Waals surface area contributed by atoms with Crippen molar-refractivity contribution in [2.45, 2.75) is 19.1 Å². The second-order valence-electron chi connectivity index (χ2n) is 6.45. The molecular formula is C19H15ClF3N3S. The molecule has 0 saturated carbocycles. The SMILES string of the molecule is FC(F)(F)c1ccc(NC(=S)N2CCc3c([nH]c4ccc(Cl)cc34)C2)cc1. The molecule has 0 aliphatic carbocycles. The number of alkyl halides is 3. The van der Waals surface area contributed by atoms with Crippen LogP contribution in [-0.4, -0.2) is 21.5 Å². The summed E-state index contributed by atoms with van der Waals surface area (Å²) in [6, 6.07) is 10.6. The molecule has 0 amide bonds. The lowest BCUT2D eigenvalue weighted by molar-refractivity contribution is -0.137. The van der Waals surface area contributed by atoms with Crippen LogP contribution in [0.1, 0.15) is 16.8 Å². The number of hydrogen-bond donors (Lipinski definition) is 2. The van der Waals surface area contributed by atoms with E-state index in [0.29, 0.717) is 22.4 Å². The monoisotopic (exact) mass is 409 g/mol. The van der Waals surface area contributed by atoms with E-state index in [1.807, 2.05) is 23.1 Å². The van der Waals surface area contributed by atoms with Gasteiger partial charge in [0.05, 0.1) is 12.1 Å². The van der Waals surface area contributed by atoms with Gasteiger partial charge >= 0.3 is 6.18 Å². The van der Waals surface area contributed by atoms with E-state index in [4.69, 9.17) is 23.8 Å². The molecule has 0 spiro atoms. The number of nitrogens with one attached hydrogen (secondary N) is 2. The zero-order valence-corrected chi connectivity index (χ0v) is 15.6. The summed E-state index contributed by atoms with van der Waals surface area (Å²) in [5.41, 5.74) is 3.20. The van der Waals surface area contributed by atoms with Crippen LogP contribution in [0.3, 0.4) is 0 Å². The predicted octanol–water partition coefficient (Wildman–Crippen LogP) is 5.60. The Hall–Kier alpha value is -2.25. The maximum Gasteiger partial charge on any atom is 0.416 e. The number of benzene rings is 2. The van der Waals surface area contributed by atoms with Crippen molar-refractivity contribution in [2.75, 3.05) is 11.9 Å². The molecule has 1 aromatic heterocycles. The molecule has 2 heterocycles. The maximum atomic E-state index is 12.7. The van der Waals surface area contributed by atoms with Crippen molar-refractivity contribution in [1.29, 1.82) is 0 Å². The van der Waals surface area contributed by atoms with Crippen molar-refractivity contribution < 1.29 is 13.2 Å². The highest BCUT2D eigenvalue weighted by Gasteiger charge is 2.30. The summed E-state index contributed by atoms with van der Waals surface area (Å²) in [7, 11) is 0. The lowest BCUT2D eigenvalue weighted by Gasteiger charge is -2.29. The molecule has 0 radical (unpaired) electrons. The van der Waals surface area contributed by atoms with Gasteiger partial charge in [-0.05, 0) is 66.7 Å². The average Bonchev–Trinajstić information content (AvgIpc) is 2.98. The Balaban J connectivity index is 1.49. The van der Waals surface area contributed by atoms with Crippen LogP contribution >= 0.6 is 23.8 Å². The summed E-state index contributed by atoms with van der Waals surface area (Å²) in [6.45, 7) is 1.33. The molecule has 4 rings (SSSR count). The number of H-pyrrole nitrogens is 1. The number of aromatic nitrogens is 1. The van der Waals surface area contributed by atoms with Gasteiger partial charge in [-0.1, -0.05) is 11.6 Å². The number of hydrogen-bond acceptors (Lipinski definition) is 1. The second kappa shape index (κ2) is 6.73. The maximum absolute atomic E-state index is 12.7. The second-order valence-corrected chi connectivity index (χ2v) is 7.27. The fourth-order valence-corrected chi connectivity index (χ4v) is 3.78. The van der Waals surface area contributed by atoms with E-state index in [2.05, 4.69) is 10.3 Å². The minimum atomic E-state index is -4.35. The van der Waals surface area contributed by atoms with E-state index >= 15 is 0 Å². The van der Waals surface area contributed by atoms with Crippen molar-refractivity contribution in [3.63, 3.8) is 0 Å². The van der Waals surface area contributed by atoms with Crippen molar-refractivity contribution in [1.82, 2.24) is 9.88 Å².